The molecule has 0 aliphatic carbocycles. The van der Waals surface area contributed by atoms with E-state index in [1.54, 1.807) is 13.2 Å². The summed E-state index contributed by atoms with van der Waals surface area (Å²) in [4.78, 5) is 8.56. The molecule has 0 saturated heterocycles. The molecule has 0 unspecified atom stereocenters. The predicted octanol–water partition coefficient (Wildman–Crippen LogP) is 2.48. The van der Waals surface area contributed by atoms with E-state index in [4.69, 9.17) is 9.47 Å². The Kier molecular flexibility index (Phi) is 6.43. The van der Waals surface area contributed by atoms with Crippen molar-refractivity contribution in [3.63, 3.8) is 0 Å². The number of methoxy groups -OCH3 is 1. The maximum absolute atomic E-state index is 5.64. The lowest BCUT2D eigenvalue weighted by atomic mass is 10.1. The lowest BCUT2D eigenvalue weighted by Gasteiger charge is -2.09. The predicted molar refractivity (Wildman–Crippen MR) is 71.9 cm³/mol. The number of nitrogens with zero attached hydrogens (tertiary/aromatic N) is 2. The number of hydrogen-bond donors (Lipinski definition) is 1. The molecule has 1 rings (SSSR count). The van der Waals surface area contributed by atoms with Gasteiger partial charge in [-0.1, -0.05) is 13.8 Å². The lowest BCUT2D eigenvalue weighted by molar-refractivity contribution is 0.176. The number of anilines is 1. The van der Waals surface area contributed by atoms with E-state index in [2.05, 4.69) is 29.1 Å². The van der Waals surface area contributed by atoms with Gasteiger partial charge in [0.1, 0.15) is 12.4 Å². The van der Waals surface area contributed by atoms with Crippen LogP contribution >= 0.6 is 0 Å². The fourth-order valence-electron chi connectivity index (χ4n) is 1.54. The number of aromatic nitrogens is 2. The first-order valence-electron chi connectivity index (χ1n) is 6.33. The van der Waals surface area contributed by atoms with Gasteiger partial charge in [0.05, 0.1) is 6.61 Å². The van der Waals surface area contributed by atoms with Crippen LogP contribution in [0, 0.1) is 5.92 Å². The zero-order chi connectivity index (χ0) is 13.4. The van der Waals surface area contributed by atoms with E-state index in [9.17, 15) is 0 Å². The molecule has 0 aliphatic heterocycles. The second-order valence-corrected chi connectivity index (χ2v) is 4.58. The maximum Gasteiger partial charge on any atom is 0.218 e. The third-order valence-electron chi connectivity index (χ3n) is 2.45. The maximum atomic E-state index is 5.64. The quantitative estimate of drug-likeness (QED) is 0.721. The van der Waals surface area contributed by atoms with Gasteiger partial charge >= 0.3 is 0 Å². The minimum Gasteiger partial charge on any atom is -0.478 e. The van der Waals surface area contributed by atoms with E-state index in [1.807, 2.05) is 7.05 Å². The summed E-state index contributed by atoms with van der Waals surface area (Å²) in [6, 6.07) is 1.80. The van der Waals surface area contributed by atoms with E-state index < -0.39 is 0 Å². The molecule has 0 spiro atoms. The Bertz CT molecular complexity index is 356. The molecule has 5 heteroatoms. The van der Waals surface area contributed by atoms with Gasteiger partial charge in [0.15, 0.2) is 5.82 Å². The number of nitrogens with one attached hydrogen (secondary N) is 1. The first-order chi connectivity index (χ1) is 8.65. The standard InChI is InChI=1S/C13H23N3O2/c1-10(2)6-5-7-18-13-8-11(14-3)15-12(16-13)9-17-4/h8,10H,5-7,9H2,1-4H3,(H,14,15,16). The van der Waals surface area contributed by atoms with Gasteiger partial charge < -0.3 is 14.8 Å². The van der Waals surface area contributed by atoms with Crippen molar-refractivity contribution in [3.05, 3.63) is 11.9 Å². The number of rotatable bonds is 8. The summed E-state index contributed by atoms with van der Waals surface area (Å²) >= 11 is 0. The Hall–Kier alpha value is -1.36. The average Bonchev–Trinajstić information content (AvgIpc) is 2.34. The highest BCUT2D eigenvalue weighted by atomic mass is 16.5. The van der Waals surface area contributed by atoms with Gasteiger partial charge in [-0.05, 0) is 18.8 Å². The van der Waals surface area contributed by atoms with Gasteiger partial charge in [0.2, 0.25) is 5.88 Å². The Balaban J connectivity index is 2.55. The number of hydrogen-bond acceptors (Lipinski definition) is 5. The lowest BCUT2D eigenvalue weighted by Crippen LogP contribution is -2.06. The highest BCUT2D eigenvalue weighted by Gasteiger charge is 2.05. The van der Waals surface area contributed by atoms with Crippen molar-refractivity contribution in [3.8, 4) is 5.88 Å². The second kappa shape index (κ2) is 7.87. The van der Waals surface area contributed by atoms with Crippen LogP contribution in [-0.4, -0.2) is 30.7 Å². The van der Waals surface area contributed by atoms with Crippen molar-refractivity contribution in [2.24, 2.45) is 5.92 Å². The highest BCUT2D eigenvalue weighted by Crippen LogP contribution is 2.14. The molecule has 0 atom stereocenters. The van der Waals surface area contributed by atoms with E-state index in [-0.39, 0.29) is 0 Å². The molecular formula is C13H23N3O2. The van der Waals surface area contributed by atoms with Gasteiger partial charge in [-0.2, -0.15) is 4.98 Å². The minimum absolute atomic E-state index is 0.387. The average molecular weight is 253 g/mol. The summed E-state index contributed by atoms with van der Waals surface area (Å²) in [5, 5.41) is 2.99. The highest BCUT2D eigenvalue weighted by molar-refractivity contribution is 5.37. The van der Waals surface area contributed by atoms with Gasteiger partial charge in [0.25, 0.3) is 0 Å². The molecule has 0 saturated carbocycles. The van der Waals surface area contributed by atoms with Crippen LogP contribution in [0.25, 0.3) is 0 Å². The zero-order valence-electron chi connectivity index (χ0n) is 11.7. The zero-order valence-corrected chi connectivity index (χ0v) is 11.7. The van der Waals surface area contributed by atoms with E-state index in [0.717, 1.165) is 18.7 Å². The summed E-state index contributed by atoms with van der Waals surface area (Å²) in [6.07, 6.45) is 2.20. The Labute approximate surface area is 109 Å². The van der Waals surface area contributed by atoms with Crippen molar-refractivity contribution in [2.45, 2.75) is 33.3 Å². The topological polar surface area (TPSA) is 56.3 Å². The van der Waals surface area contributed by atoms with Crippen molar-refractivity contribution < 1.29 is 9.47 Å². The summed E-state index contributed by atoms with van der Waals surface area (Å²) < 4.78 is 10.7. The molecule has 1 aromatic heterocycles. The van der Waals surface area contributed by atoms with E-state index in [0.29, 0.717) is 30.8 Å². The third kappa shape index (κ3) is 5.31. The molecule has 1 N–H and O–H groups in total. The monoisotopic (exact) mass is 253 g/mol. The smallest absolute Gasteiger partial charge is 0.218 e. The normalized spacial score (nSPS) is 10.7. The molecule has 5 nitrogen and oxygen atoms in total. The molecular weight excluding hydrogens is 230 g/mol. The van der Waals surface area contributed by atoms with Crippen molar-refractivity contribution in [1.29, 1.82) is 0 Å². The SMILES string of the molecule is CNc1cc(OCCCC(C)C)nc(COC)n1. The molecule has 1 heterocycles. The van der Waals surface area contributed by atoms with Gasteiger partial charge in [-0.3, -0.25) is 0 Å². The Morgan fingerprint density at radius 2 is 2.11 bits per heavy atom. The number of ether oxygens (including phenoxy) is 2. The van der Waals surface area contributed by atoms with Crippen LogP contribution in [0.4, 0.5) is 5.82 Å². The van der Waals surface area contributed by atoms with Crippen LogP contribution in [-0.2, 0) is 11.3 Å². The molecule has 0 aromatic carbocycles. The molecule has 0 fully saturated rings. The van der Waals surface area contributed by atoms with Crippen LogP contribution < -0.4 is 10.1 Å². The molecule has 102 valence electrons. The molecule has 0 amide bonds. The van der Waals surface area contributed by atoms with E-state index >= 15 is 0 Å². The summed E-state index contributed by atoms with van der Waals surface area (Å²) in [6.45, 7) is 5.49. The van der Waals surface area contributed by atoms with Gasteiger partial charge in [-0.15, -0.1) is 0 Å². The van der Waals surface area contributed by atoms with Crippen molar-refractivity contribution >= 4 is 5.82 Å². The van der Waals surface area contributed by atoms with Crippen LogP contribution in [0.15, 0.2) is 6.07 Å². The molecule has 1 aromatic rings. The summed E-state index contributed by atoms with van der Waals surface area (Å²) in [5.41, 5.74) is 0. The first-order valence-corrected chi connectivity index (χ1v) is 6.33. The van der Waals surface area contributed by atoms with Crippen LogP contribution in [0.3, 0.4) is 0 Å². The fraction of sp³-hybridized carbons (Fsp3) is 0.692. The molecule has 0 aliphatic rings. The van der Waals surface area contributed by atoms with Crippen LogP contribution in [0.5, 0.6) is 5.88 Å². The Morgan fingerprint density at radius 3 is 2.72 bits per heavy atom. The van der Waals surface area contributed by atoms with E-state index in [1.165, 1.54) is 0 Å². The summed E-state index contributed by atoms with van der Waals surface area (Å²) in [7, 11) is 3.44. The third-order valence-corrected chi connectivity index (χ3v) is 2.45. The fourth-order valence-corrected chi connectivity index (χ4v) is 1.54. The molecule has 18 heavy (non-hydrogen) atoms. The van der Waals surface area contributed by atoms with Crippen molar-refractivity contribution in [2.75, 3.05) is 26.1 Å². The first kappa shape index (κ1) is 14.7. The van der Waals surface area contributed by atoms with Crippen molar-refractivity contribution in [1.82, 2.24) is 9.97 Å². The largest absolute Gasteiger partial charge is 0.478 e. The second-order valence-electron chi connectivity index (χ2n) is 4.58. The van der Waals surface area contributed by atoms with Gasteiger partial charge in [-0.25, -0.2) is 4.98 Å². The summed E-state index contributed by atoms with van der Waals surface area (Å²) in [5.74, 6) is 2.68. The Morgan fingerprint density at radius 1 is 1.33 bits per heavy atom. The minimum atomic E-state index is 0.387. The van der Waals surface area contributed by atoms with Crippen LogP contribution in [0.2, 0.25) is 0 Å². The van der Waals surface area contributed by atoms with Crippen LogP contribution in [0.1, 0.15) is 32.5 Å². The molecule has 0 radical (unpaired) electrons. The van der Waals surface area contributed by atoms with Gasteiger partial charge in [0, 0.05) is 20.2 Å². The molecule has 0 bridgehead atoms.